The first-order valence-corrected chi connectivity index (χ1v) is 10.3. The lowest BCUT2D eigenvalue weighted by atomic mass is 9.95. The van der Waals surface area contributed by atoms with Crippen LogP contribution in [0.3, 0.4) is 0 Å². The van der Waals surface area contributed by atoms with Gasteiger partial charge < -0.3 is 16.0 Å². The third-order valence-electron chi connectivity index (χ3n) is 4.45. The Bertz CT molecular complexity index is 740. The van der Waals surface area contributed by atoms with E-state index >= 15 is 0 Å². The van der Waals surface area contributed by atoms with Gasteiger partial charge in [-0.1, -0.05) is 13.0 Å². The Morgan fingerprint density at radius 2 is 1.92 bits per heavy atom. The SMILES string of the molecule is CCCNC(=O)c1cccc(NC(=O)C2(S(C)(=O)=O)CCNCC2)c1. The second kappa shape index (κ2) is 7.97. The molecule has 8 heteroatoms. The van der Waals surface area contributed by atoms with Gasteiger partial charge in [0.15, 0.2) is 14.6 Å². The van der Waals surface area contributed by atoms with Crippen LogP contribution in [0.5, 0.6) is 0 Å². The quantitative estimate of drug-likeness (QED) is 0.694. The number of sulfone groups is 1. The molecule has 1 heterocycles. The fourth-order valence-corrected chi connectivity index (χ4v) is 4.25. The summed E-state index contributed by atoms with van der Waals surface area (Å²) in [6, 6.07) is 6.51. The predicted molar refractivity (Wildman–Crippen MR) is 97.4 cm³/mol. The zero-order valence-electron chi connectivity index (χ0n) is 14.6. The fraction of sp³-hybridized carbons (Fsp3) is 0.529. The molecule has 1 fully saturated rings. The van der Waals surface area contributed by atoms with Crippen LogP contribution in [-0.2, 0) is 14.6 Å². The van der Waals surface area contributed by atoms with E-state index in [-0.39, 0.29) is 18.7 Å². The molecule has 0 aliphatic carbocycles. The number of benzene rings is 1. The highest BCUT2D eigenvalue weighted by Gasteiger charge is 2.48. The molecule has 3 N–H and O–H groups in total. The summed E-state index contributed by atoms with van der Waals surface area (Å²) >= 11 is 0. The van der Waals surface area contributed by atoms with Crippen LogP contribution in [0.1, 0.15) is 36.5 Å². The van der Waals surface area contributed by atoms with E-state index in [1.807, 2.05) is 6.92 Å². The molecule has 0 saturated carbocycles. The Labute approximate surface area is 148 Å². The number of rotatable bonds is 6. The van der Waals surface area contributed by atoms with E-state index in [1.54, 1.807) is 24.3 Å². The van der Waals surface area contributed by atoms with Crippen LogP contribution in [0.2, 0.25) is 0 Å². The van der Waals surface area contributed by atoms with E-state index < -0.39 is 20.5 Å². The number of hydrogen-bond acceptors (Lipinski definition) is 5. The lowest BCUT2D eigenvalue weighted by Gasteiger charge is -2.34. The van der Waals surface area contributed by atoms with Gasteiger partial charge in [0.25, 0.3) is 5.91 Å². The van der Waals surface area contributed by atoms with Crippen molar-refractivity contribution in [2.75, 3.05) is 31.2 Å². The van der Waals surface area contributed by atoms with Crippen LogP contribution in [0.4, 0.5) is 5.69 Å². The largest absolute Gasteiger partial charge is 0.352 e. The van der Waals surface area contributed by atoms with Crippen LogP contribution < -0.4 is 16.0 Å². The average Bonchev–Trinajstić information content (AvgIpc) is 2.59. The van der Waals surface area contributed by atoms with Crippen molar-refractivity contribution in [3.05, 3.63) is 29.8 Å². The highest BCUT2D eigenvalue weighted by Crippen LogP contribution is 2.29. The molecule has 138 valence electrons. The van der Waals surface area contributed by atoms with E-state index in [1.165, 1.54) is 0 Å². The van der Waals surface area contributed by atoms with Crippen molar-refractivity contribution in [1.29, 1.82) is 0 Å². The summed E-state index contributed by atoms with van der Waals surface area (Å²) < 4.78 is 23.1. The summed E-state index contributed by atoms with van der Waals surface area (Å²) in [5.74, 6) is -0.764. The lowest BCUT2D eigenvalue weighted by Crippen LogP contribution is -2.55. The number of piperidine rings is 1. The standard InChI is InChI=1S/C17H25N3O4S/c1-3-9-19-15(21)13-5-4-6-14(12-13)20-16(22)17(25(2,23)24)7-10-18-11-8-17/h4-6,12,18H,3,7-11H2,1-2H3,(H,19,21)(H,20,22). The second-order valence-corrected chi connectivity index (χ2v) is 8.63. The highest BCUT2D eigenvalue weighted by atomic mass is 32.2. The van der Waals surface area contributed by atoms with Crippen molar-refractivity contribution >= 4 is 27.3 Å². The molecule has 0 spiro atoms. The van der Waals surface area contributed by atoms with Gasteiger partial charge in [0.2, 0.25) is 5.91 Å². The number of carbonyl (C=O) groups is 2. The van der Waals surface area contributed by atoms with Gasteiger partial charge in [-0.15, -0.1) is 0 Å². The van der Waals surface area contributed by atoms with Gasteiger partial charge in [-0.25, -0.2) is 8.42 Å². The summed E-state index contributed by atoms with van der Waals surface area (Å²) in [7, 11) is -3.58. The molecule has 7 nitrogen and oxygen atoms in total. The van der Waals surface area contributed by atoms with Crippen molar-refractivity contribution in [3.63, 3.8) is 0 Å². The topological polar surface area (TPSA) is 104 Å². The number of anilines is 1. The Hall–Kier alpha value is -1.93. The van der Waals surface area contributed by atoms with Gasteiger partial charge in [0, 0.05) is 24.1 Å². The summed E-state index contributed by atoms with van der Waals surface area (Å²) in [5.41, 5.74) is 0.834. The maximum atomic E-state index is 12.8. The fourth-order valence-electron chi connectivity index (χ4n) is 2.92. The Morgan fingerprint density at radius 1 is 1.24 bits per heavy atom. The van der Waals surface area contributed by atoms with Gasteiger partial charge in [-0.05, 0) is 50.6 Å². The van der Waals surface area contributed by atoms with Crippen LogP contribution in [0, 0.1) is 0 Å². The molecule has 2 amide bonds. The van der Waals surface area contributed by atoms with Crippen LogP contribution in [0.15, 0.2) is 24.3 Å². The van der Waals surface area contributed by atoms with Crippen molar-refractivity contribution in [2.24, 2.45) is 0 Å². The van der Waals surface area contributed by atoms with Crippen molar-refractivity contribution in [2.45, 2.75) is 30.9 Å². The Morgan fingerprint density at radius 3 is 2.52 bits per heavy atom. The zero-order valence-corrected chi connectivity index (χ0v) is 15.4. The smallest absolute Gasteiger partial charge is 0.251 e. The molecular formula is C17H25N3O4S. The van der Waals surface area contributed by atoms with Gasteiger partial charge in [-0.3, -0.25) is 9.59 Å². The first kappa shape index (κ1) is 19.4. The molecule has 1 aliphatic rings. The van der Waals surface area contributed by atoms with Gasteiger partial charge in [0.05, 0.1) is 0 Å². The highest BCUT2D eigenvalue weighted by molar-refractivity contribution is 7.92. The normalized spacial score (nSPS) is 16.9. The average molecular weight is 367 g/mol. The molecule has 0 aromatic heterocycles. The number of hydrogen-bond donors (Lipinski definition) is 3. The van der Waals surface area contributed by atoms with Crippen LogP contribution >= 0.6 is 0 Å². The van der Waals surface area contributed by atoms with E-state index in [0.717, 1.165) is 12.7 Å². The molecule has 0 atom stereocenters. The maximum Gasteiger partial charge on any atom is 0.251 e. The molecule has 0 bridgehead atoms. The minimum absolute atomic E-state index is 0.224. The number of carbonyl (C=O) groups excluding carboxylic acids is 2. The van der Waals surface area contributed by atoms with Gasteiger partial charge >= 0.3 is 0 Å². The maximum absolute atomic E-state index is 12.8. The van der Waals surface area contributed by atoms with Crippen LogP contribution in [-0.4, -0.2) is 50.9 Å². The van der Waals surface area contributed by atoms with Gasteiger partial charge in [-0.2, -0.15) is 0 Å². The second-order valence-electron chi connectivity index (χ2n) is 6.31. The van der Waals surface area contributed by atoms with Crippen molar-refractivity contribution < 1.29 is 18.0 Å². The third-order valence-corrected chi connectivity index (χ3v) is 6.47. The first-order valence-electron chi connectivity index (χ1n) is 8.40. The van der Waals surface area contributed by atoms with Crippen molar-refractivity contribution in [3.8, 4) is 0 Å². The monoisotopic (exact) mass is 367 g/mol. The van der Waals surface area contributed by atoms with E-state index in [4.69, 9.17) is 0 Å². The summed E-state index contributed by atoms with van der Waals surface area (Å²) in [6.07, 6.45) is 2.39. The molecule has 2 rings (SSSR count). The molecule has 1 saturated heterocycles. The molecule has 0 radical (unpaired) electrons. The number of nitrogens with one attached hydrogen (secondary N) is 3. The molecule has 1 aliphatic heterocycles. The van der Waals surface area contributed by atoms with Crippen LogP contribution in [0.25, 0.3) is 0 Å². The summed E-state index contributed by atoms with van der Waals surface area (Å²) in [4.78, 5) is 24.8. The van der Waals surface area contributed by atoms with E-state index in [0.29, 0.717) is 30.9 Å². The summed E-state index contributed by atoms with van der Waals surface area (Å²) in [6.45, 7) is 3.47. The third kappa shape index (κ3) is 4.38. The van der Waals surface area contributed by atoms with Gasteiger partial charge in [0.1, 0.15) is 0 Å². The number of amides is 2. The first-order chi connectivity index (χ1) is 11.8. The molecule has 0 unspecified atom stereocenters. The zero-order chi connectivity index (χ0) is 18.5. The predicted octanol–water partition coefficient (Wildman–Crippen LogP) is 0.932. The van der Waals surface area contributed by atoms with E-state index in [2.05, 4.69) is 16.0 Å². The lowest BCUT2D eigenvalue weighted by molar-refractivity contribution is -0.119. The summed E-state index contributed by atoms with van der Waals surface area (Å²) in [5, 5.41) is 8.53. The molecular weight excluding hydrogens is 342 g/mol. The Kier molecular flexibility index (Phi) is 6.18. The molecule has 1 aromatic rings. The minimum atomic E-state index is -3.58. The Balaban J connectivity index is 2.20. The molecule has 1 aromatic carbocycles. The molecule has 25 heavy (non-hydrogen) atoms. The van der Waals surface area contributed by atoms with Crippen molar-refractivity contribution in [1.82, 2.24) is 10.6 Å². The minimum Gasteiger partial charge on any atom is -0.352 e. The van der Waals surface area contributed by atoms with E-state index in [9.17, 15) is 18.0 Å².